The standard InChI is InChI=1S/C12H25N3O2/c1-9(2)12(17)15-8-7-14-11(16)5-6-13-10(3)4/h9-10,13H,5-8H2,1-4H3,(H,14,16)(H,15,17). The van der Waals surface area contributed by atoms with Crippen molar-refractivity contribution >= 4 is 11.8 Å². The van der Waals surface area contributed by atoms with Crippen molar-refractivity contribution in [1.29, 1.82) is 0 Å². The Bertz CT molecular complexity index is 240. The second kappa shape index (κ2) is 8.98. The summed E-state index contributed by atoms with van der Waals surface area (Å²) in [5.41, 5.74) is 0. The maximum atomic E-state index is 11.3. The van der Waals surface area contributed by atoms with Gasteiger partial charge in [0.15, 0.2) is 0 Å². The summed E-state index contributed by atoms with van der Waals surface area (Å²) in [4.78, 5) is 22.5. The summed E-state index contributed by atoms with van der Waals surface area (Å²) in [5, 5.41) is 8.67. The van der Waals surface area contributed by atoms with Crippen LogP contribution < -0.4 is 16.0 Å². The van der Waals surface area contributed by atoms with E-state index in [2.05, 4.69) is 16.0 Å². The number of rotatable bonds is 8. The Balaban J connectivity index is 3.42. The number of carbonyl (C=O) groups is 2. The van der Waals surface area contributed by atoms with Crippen molar-refractivity contribution < 1.29 is 9.59 Å². The van der Waals surface area contributed by atoms with Gasteiger partial charge in [-0.3, -0.25) is 9.59 Å². The number of nitrogens with one attached hydrogen (secondary N) is 3. The minimum absolute atomic E-state index is 0.0111. The minimum Gasteiger partial charge on any atom is -0.354 e. The van der Waals surface area contributed by atoms with Crippen LogP contribution in [-0.4, -0.2) is 37.5 Å². The van der Waals surface area contributed by atoms with Crippen molar-refractivity contribution in [2.24, 2.45) is 5.92 Å². The van der Waals surface area contributed by atoms with Gasteiger partial charge in [0.05, 0.1) is 0 Å². The van der Waals surface area contributed by atoms with Crippen molar-refractivity contribution in [3.63, 3.8) is 0 Å². The van der Waals surface area contributed by atoms with E-state index in [1.807, 2.05) is 27.7 Å². The molecule has 0 saturated carbocycles. The highest BCUT2D eigenvalue weighted by Crippen LogP contribution is 1.89. The van der Waals surface area contributed by atoms with Crippen LogP contribution in [0.2, 0.25) is 0 Å². The summed E-state index contributed by atoms with van der Waals surface area (Å²) in [6.07, 6.45) is 0.469. The molecule has 5 heteroatoms. The molecule has 17 heavy (non-hydrogen) atoms. The van der Waals surface area contributed by atoms with E-state index < -0.39 is 0 Å². The van der Waals surface area contributed by atoms with E-state index in [1.54, 1.807) is 0 Å². The molecule has 0 unspecified atom stereocenters. The van der Waals surface area contributed by atoms with Crippen molar-refractivity contribution in [1.82, 2.24) is 16.0 Å². The zero-order valence-corrected chi connectivity index (χ0v) is 11.3. The molecular weight excluding hydrogens is 218 g/mol. The molecular formula is C12H25N3O2. The van der Waals surface area contributed by atoms with Gasteiger partial charge in [0, 0.05) is 38.0 Å². The van der Waals surface area contributed by atoms with Crippen molar-refractivity contribution in [2.45, 2.75) is 40.2 Å². The summed E-state index contributed by atoms with van der Waals surface area (Å²) >= 11 is 0. The number of amides is 2. The number of hydrogen-bond acceptors (Lipinski definition) is 3. The van der Waals surface area contributed by atoms with Crippen LogP contribution in [0.15, 0.2) is 0 Å². The van der Waals surface area contributed by atoms with Crippen LogP contribution >= 0.6 is 0 Å². The van der Waals surface area contributed by atoms with Crippen LogP contribution in [0.5, 0.6) is 0 Å². The lowest BCUT2D eigenvalue weighted by Crippen LogP contribution is -2.37. The van der Waals surface area contributed by atoms with E-state index >= 15 is 0 Å². The van der Waals surface area contributed by atoms with E-state index in [4.69, 9.17) is 0 Å². The summed E-state index contributed by atoms with van der Waals surface area (Å²) in [5.74, 6) is 0.0126. The molecule has 0 aromatic rings. The predicted molar refractivity (Wildman–Crippen MR) is 68.6 cm³/mol. The normalized spacial score (nSPS) is 10.7. The first-order valence-electron chi connectivity index (χ1n) is 6.21. The summed E-state index contributed by atoms with van der Waals surface area (Å²) in [6, 6.07) is 0.396. The molecule has 0 fully saturated rings. The molecule has 0 aromatic carbocycles. The molecule has 0 rings (SSSR count). The van der Waals surface area contributed by atoms with Gasteiger partial charge >= 0.3 is 0 Å². The zero-order chi connectivity index (χ0) is 13.3. The molecule has 0 aromatic heterocycles. The Morgan fingerprint density at radius 2 is 1.53 bits per heavy atom. The fraction of sp³-hybridized carbons (Fsp3) is 0.833. The van der Waals surface area contributed by atoms with E-state index in [1.165, 1.54) is 0 Å². The molecule has 5 nitrogen and oxygen atoms in total. The van der Waals surface area contributed by atoms with Gasteiger partial charge in [-0.15, -0.1) is 0 Å². The molecule has 0 bridgehead atoms. The molecule has 3 N–H and O–H groups in total. The number of hydrogen-bond donors (Lipinski definition) is 3. The van der Waals surface area contributed by atoms with Gasteiger partial charge in [-0.05, 0) is 0 Å². The third kappa shape index (κ3) is 9.81. The van der Waals surface area contributed by atoms with Crippen molar-refractivity contribution in [3.05, 3.63) is 0 Å². The minimum atomic E-state index is -0.0130. The van der Waals surface area contributed by atoms with E-state index in [0.717, 1.165) is 0 Å². The second-order valence-electron chi connectivity index (χ2n) is 4.65. The van der Waals surface area contributed by atoms with Gasteiger partial charge in [-0.2, -0.15) is 0 Å². The summed E-state index contributed by atoms with van der Waals surface area (Å²) in [6.45, 7) is 9.41. The molecule has 0 spiro atoms. The highest BCUT2D eigenvalue weighted by molar-refractivity contribution is 5.78. The van der Waals surface area contributed by atoms with Gasteiger partial charge < -0.3 is 16.0 Å². The topological polar surface area (TPSA) is 70.2 Å². The molecule has 0 heterocycles. The maximum absolute atomic E-state index is 11.3. The van der Waals surface area contributed by atoms with Gasteiger partial charge in [0.1, 0.15) is 0 Å². The van der Waals surface area contributed by atoms with E-state index in [9.17, 15) is 9.59 Å². The summed E-state index contributed by atoms with van der Waals surface area (Å²) in [7, 11) is 0. The first-order chi connectivity index (χ1) is 7.93. The Kier molecular flexibility index (Phi) is 8.40. The molecule has 2 amide bonds. The average molecular weight is 243 g/mol. The molecule has 0 saturated heterocycles. The van der Waals surface area contributed by atoms with Crippen molar-refractivity contribution in [3.8, 4) is 0 Å². The monoisotopic (exact) mass is 243 g/mol. The zero-order valence-electron chi connectivity index (χ0n) is 11.3. The highest BCUT2D eigenvalue weighted by Gasteiger charge is 2.05. The fourth-order valence-electron chi connectivity index (χ4n) is 1.15. The third-order valence-electron chi connectivity index (χ3n) is 2.18. The molecule has 0 aliphatic heterocycles. The smallest absolute Gasteiger partial charge is 0.222 e. The summed E-state index contributed by atoms with van der Waals surface area (Å²) < 4.78 is 0. The van der Waals surface area contributed by atoms with Crippen LogP contribution in [0.25, 0.3) is 0 Å². The first kappa shape index (κ1) is 15.9. The third-order valence-corrected chi connectivity index (χ3v) is 2.18. The Morgan fingerprint density at radius 3 is 2.06 bits per heavy atom. The van der Waals surface area contributed by atoms with Gasteiger partial charge in [0.2, 0.25) is 11.8 Å². The molecule has 100 valence electrons. The Labute approximate surface area is 104 Å². The molecule has 0 aliphatic rings. The van der Waals surface area contributed by atoms with Crippen LogP contribution in [0.1, 0.15) is 34.1 Å². The lowest BCUT2D eigenvalue weighted by molar-refractivity contribution is -0.124. The Hall–Kier alpha value is -1.10. The van der Waals surface area contributed by atoms with Crippen LogP contribution in [0.3, 0.4) is 0 Å². The lowest BCUT2D eigenvalue weighted by Gasteiger charge is -2.10. The largest absolute Gasteiger partial charge is 0.354 e. The predicted octanol–water partition coefficient (Wildman–Crippen LogP) is 0.263. The highest BCUT2D eigenvalue weighted by atomic mass is 16.2. The molecule has 0 radical (unpaired) electrons. The van der Waals surface area contributed by atoms with E-state index in [0.29, 0.717) is 32.1 Å². The number of carbonyl (C=O) groups excluding carboxylic acids is 2. The second-order valence-corrected chi connectivity index (χ2v) is 4.65. The van der Waals surface area contributed by atoms with E-state index in [-0.39, 0.29) is 17.7 Å². The molecule has 0 atom stereocenters. The van der Waals surface area contributed by atoms with Crippen LogP contribution in [-0.2, 0) is 9.59 Å². The van der Waals surface area contributed by atoms with Crippen LogP contribution in [0.4, 0.5) is 0 Å². The molecule has 0 aliphatic carbocycles. The lowest BCUT2D eigenvalue weighted by atomic mass is 10.2. The maximum Gasteiger partial charge on any atom is 0.222 e. The van der Waals surface area contributed by atoms with Gasteiger partial charge in [-0.25, -0.2) is 0 Å². The SMILES string of the molecule is CC(C)NCCC(=O)NCCNC(=O)C(C)C. The average Bonchev–Trinajstić information content (AvgIpc) is 2.23. The Morgan fingerprint density at radius 1 is 0.941 bits per heavy atom. The first-order valence-corrected chi connectivity index (χ1v) is 6.21. The van der Waals surface area contributed by atoms with Gasteiger partial charge in [-0.1, -0.05) is 27.7 Å². The fourth-order valence-corrected chi connectivity index (χ4v) is 1.15. The quantitative estimate of drug-likeness (QED) is 0.536. The van der Waals surface area contributed by atoms with Crippen molar-refractivity contribution in [2.75, 3.05) is 19.6 Å². The van der Waals surface area contributed by atoms with Gasteiger partial charge in [0.25, 0.3) is 0 Å². The van der Waals surface area contributed by atoms with Crippen LogP contribution in [0, 0.1) is 5.92 Å².